The Bertz CT molecular complexity index is 359. The number of hydrogen-bond donors (Lipinski definition) is 0. The van der Waals surface area contributed by atoms with Crippen molar-refractivity contribution in [2.24, 2.45) is 5.92 Å². The second kappa shape index (κ2) is 5.39. The Morgan fingerprint density at radius 2 is 1.75 bits per heavy atom. The van der Waals surface area contributed by atoms with E-state index in [2.05, 4.69) is 11.9 Å². The molecule has 5 aliphatic rings. The van der Waals surface area contributed by atoms with Crippen molar-refractivity contribution in [2.75, 3.05) is 20.7 Å². The van der Waals surface area contributed by atoms with Crippen LogP contribution >= 0.6 is 0 Å². The first-order valence-corrected chi connectivity index (χ1v) is 9.04. The molecule has 5 heteroatoms. The molecular formula is C15H28B3NO. The molecule has 3 atom stereocenters. The monoisotopic (exact) mass is 271 g/mol. The summed E-state index contributed by atoms with van der Waals surface area (Å²) in [5.41, 5.74) is 2.25. The minimum absolute atomic E-state index is 0.486. The van der Waals surface area contributed by atoms with Crippen LogP contribution in [0.1, 0.15) is 32.1 Å². The lowest BCUT2D eigenvalue weighted by Gasteiger charge is -2.42. The van der Waals surface area contributed by atoms with Crippen molar-refractivity contribution in [2.45, 2.75) is 68.3 Å². The van der Waals surface area contributed by atoms with Crippen LogP contribution in [0.2, 0.25) is 24.1 Å². The molecule has 0 N–H and O–H groups in total. The van der Waals surface area contributed by atoms with Gasteiger partial charge in [0.15, 0.2) is 0 Å². The summed E-state index contributed by atoms with van der Waals surface area (Å²) in [6, 6.07) is 0.688. The van der Waals surface area contributed by atoms with Crippen molar-refractivity contribution in [3.63, 3.8) is 0 Å². The zero-order valence-electron chi connectivity index (χ0n) is 13.3. The van der Waals surface area contributed by atoms with Crippen LogP contribution in [-0.2, 0) is 4.74 Å². The van der Waals surface area contributed by atoms with Gasteiger partial charge >= 0.3 is 0 Å². The quantitative estimate of drug-likeness (QED) is 0.677. The Hall–Kier alpha value is 0.115. The van der Waals surface area contributed by atoms with Crippen molar-refractivity contribution < 1.29 is 4.74 Å². The average Bonchev–Trinajstić information content (AvgIpc) is 3.32. The van der Waals surface area contributed by atoms with E-state index < -0.39 is 0 Å². The number of hydrogen-bond acceptors (Lipinski definition) is 2. The minimum atomic E-state index is 0.486. The van der Waals surface area contributed by atoms with Crippen molar-refractivity contribution in [1.29, 1.82) is 0 Å². The summed E-state index contributed by atoms with van der Waals surface area (Å²) in [5, 5.41) is 0. The molecule has 5 aliphatic heterocycles. The molecule has 0 radical (unpaired) electrons. The SMILES string of the molecule is CO[C@@H]1CCC2B3B2C3CC[C@@H]2CCBCCN(C)C21. The summed E-state index contributed by atoms with van der Waals surface area (Å²) in [6.45, 7) is 3.60. The third kappa shape index (κ3) is 2.29. The summed E-state index contributed by atoms with van der Waals surface area (Å²) in [4.78, 5) is 2.65. The van der Waals surface area contributed by atoms with Gasteiger partial charge in [-0.15, -0.1) is 0 Å². The molecule has 0 aromatic heterocycles. The van der Waals surface area contributed by atoms with Crippen LogP contribution in [-0.4, -0.2) is 58.2 Å². The summed E-state index contributed by atoms with van der Waals surface area (Å²) in [5.74, 6) is 0.891. The molecule has 0 saturated carbocycles. The highest BCUT2D eigenvalue weighted by Gasteiger charge is 2.76. The fourth-order valence-electron chi connectivity index (χ4n) is 5.83. The Morgan fingerprint density at radius 3 is 2.50 bits per heavy atom. The number of rotatable bonds is 1. The normalized spacial score (nSPS) is 44.6. The molecule has 0 spiro atoms. The fourth-order valence-corrected chi connectivity index (χ4v) is 5.83. The number of likely N-dealkylation sites (N-methyl/N-ethyl adjacent to an activating group) is 1. The van der Waals surface area contributed by atoms with Crippen LogP contribution in [0, 0.1) is 5.92 Å². The summed E-state index contributed by atoms with van der Waals surface area (Å²) >= 11 is 0. The molecule has 5 heterocycles. The molecule has 5 rings (SSSR count). The van der Waals surface area contributed by atoms with Gasteiger partial charge in [-0.3, -0.25) is 0 Å². The van der Waals surface area contributed by atoms with E-state index in [4.69, 9.17) is 4.74 Å². The molecule has 0 aromatic rings. The maximum Gasteiger partial charge on any atom is 0.122 e. The van der Waals surface area contributed by atoms with Crippen LogP contribution in [0.25, 0.3) is 0 Å². The van der Waals surface area contributed by atoms with E-state index in [0.717, 1.165) is 30.6 Å². The van der Waals surface area contributed by atoms with E-state index in [0.29, 0.717) is 12.1 Å². The van der Waals surface area contributed by atoms with E-state index in [1.54, 1.807) is 0 Å². The van der Waals surface area contributed by atoms with Gasteiger partial charge in [0.1, 0.15) is 7.28 Å². The van der Waals surface area contributed by atoms with Gasteiger partial charge < -0.3 is 9.64 Å². The number of nitrogens with zero attached hydrogens (tertiary/aromatic N) is 1. The molecule has 0 aromatic carbocycles. The summed E-state index contributed by atoms with van der Waals surface area (Å²) in [7, 11) is 5.74. The van der Waals surface area contributed by atoms with Crippen LogP contribution in [0.15, 0.2) is 0 Å². The molecule has 2 nitrogen and oxygen atoms in total. The van der Waals surface area contributed by atoms with Gasteiger partial charge in [0, 0.05) is 13.2 Å². The zero-order chi connectivity index (χ0) is 13.7. The first-order valence-electron chi connectivity index (χ1n) is 9.04. The third-order valence-corrected chi connectivity index (χ3v) is 7.06. The van der Waals surface area contributed by atoms with E-state index >= 15 is 0 Å². The van der Waals surface area contributed by atoms with Crippen molar-refractivity contribution >= 4 is 20.5 Å². The second-order valence-electron chi connectivity index (χ2n) is 7.99. The molecule has 0 amide bonds. The minimum Gasteiger partial charge on any atom is -0.380 e. The van der Waals surface area contributed by atoms with E-state index in [9.17, 15) is 0 Å². The lowest BCUT2D eigenvalue weighted by Crippen LogP contribution is -2.49. The second-order valence-corrected chi connectivity index (χ2v) is 7.99. The smallest absolute Gasteiger partial charge is 0.122 e. The van der Waals surface area contributed by atoms with Gasteiger partial charge in [0.2, 0.25) is 0 Å². The molecule has 5 saturated heterocycles. The molecule has 2 bridgehead atoms. The first-order chi connectivity index (χ1) is 9.81. The van der Waals surface area contributed by atoms with Crippen molar-refractivity contribution in [3.8, 4) is 0 Å². The van der Waals surface area contributed by atoms with Gasteiger partial charge in [-0.1, -0.05) is 43.3 Å². The molecule has 0 aliphatic carbocycles. The van der Waals surface area contributed by atoms with Crippen LogP contribution < -0.4 is 0 Å². The lowest BCUT2D eigenvalue weighted by molar-refractivity contribution is -0.0110. The predicted molar refractivity (Wildman–Crippen MR) is 89.6 cm³/mol. The number of fused-ring (bicyclic) bond motifs is 3. The molecule has 108 valence electrons. The standard InChI is InChI=1S/C15H28B3NO/c1-19-10-9-16-8-7-11-3-5-13-17-14(18(13)17)6-4-12(20-2)15(11)19/h11-16H,3-10H2,1-2H3/t11-,12-,13?,14?,15?/m1/s1. The zero-order valence-corrected chi connectivity index (χ0v) is 13.3. The van der Waals surface area contributed by atoms with Crippen LogP contribution in [0.5, 0.6) is 0 Å². The average molecular weight is 271 g/mol. The number of methoxy groups -OCH3 is 1. The molecular weight excluding hydrogens is 243 g/mol. The van der Waals surface area contributed by atoms with Gasteiger partial charge in [0.05, 0.1) is 19.3 Å². The highest BCUT2D eigenvalue weighted by Crippen LogP contribution is 2.67. The van der Waals surface area contributed by atoms with E-state index in [-0.39, 0.29) is 0 Å². The van der Waals surface area contributed by atoms with Gasteiger partial charge in [0.25, 0.3) is 0 Å². The Kier molecular flexibility index (Phi) is 3.71. The highest BCUT2D eigenvalue weighted by atomic mass is 16.5. The molecule has 5 fully saturated rings. The molecule has 20 heavy (non-hydrogen) atoms. The maximum absolute atomic E-state index is 5.99. The van der Waals surface area contributed by atoms with Crippen LogP contribution in [0.3, 0.4) is 0 Å². The largest absolute Gasteiger partial charge is 0.380 e. The maximum atomic E-state index is 5.99. The summed E-state index contributed by atoms with van der Waals surface area (Å²) in [6.07, 6.45) is 10.5. The predicted octanol–water partition coefficient (Wildman–Crippen LogP) is 2.08. The van der Waals surface area contributed by atoms with E-state index in [1.807, 2.05) is 7.11 Å². The van der Waals surface area contributed by atoms with Gasteiger partial charge in [-0.25, -0.2) is 0 Å². The van der Waals surface area contributed by atoms with Gasteiger partial charge in [-0.05, 0) is 32.4 Å². The fraction of sp³-hybridized carbons (Fsp3) is 1.00. The van der Waals surface area contributed by atoms with Crippen molar-refractivity contribution in [3.05, 3.63) is 0 Å². The third-order valence-electron chi connectivity index (χ3n) is 7.06. The first kappa shape index (κ1) is 13.8. The Morgan fingerprint density at radius 1 is 1.00 bits per heavy atom. The summed E-state index contributed by atoms with van der Waals surface area (Å²) < 4.78 is 5.99. The Balaban J connectivity index is 1.52. The van der Waals surface area contributed by atoms with E-state index in [1.165, 1.54) is 58.6 Å². The van der Waals surface area contributed by atoms with Gasteiger partial charge in [-0.2, -0.15) is 0 Å². The van der Waals surface area contributed by atoms with Crippen molar-refractivity contribution in [1.82, 2.24) is 4.90 Å². The topological polar surface area (TPSA) is 12.5 Å². The number of ether oxygens (including phenoxy) is 1. The highest BCUT2D eigenvalue weighted by molar-refractivity contribution is 7.60. The lowest BCUT2D eigenvalue weighted by atomic mass is 9.60. The Labute approximate surface area is 125 Å². The molecule has 1 unspecified atom stereocenters. The van der Waals surface area contributed by atoms with Crippen LogP contribution in [0.4, 0.5) is 0 Å².